The van der Waals surface area contributed by atoms with E-state index in [-0.39, 0.29) is 6.04 Å². The van der Waals surface area contributed by atoms with Crippen LogP contribution < -0.4 is 15.8 Å². The third-order valence-corrected chi connectivity index (χ3v) is 6.03. The van der Waals surface area contributed by atoms with Crippen LogP contribution >= 0.6 is 15.9 Å². The predicted octanol–water partition coefficient (Wildman–Crippen LogP) is 3.97. The lowest BCUT2D eigenvalue weighted by atomic mass is 9.82. The van der Waals surface area contributed by atoms with Crippen LogP contribution in [0, 0.1) is 0 Å². The van der Waals surface area contributed by atoms with Gasteiger partial charge < -0.3 is 20.5 Å². The molecule has 5 heteroatoms. The molecule has 25 heavy (non-hydrogen) atoms. The van der Waals surface area contributed by atoms with Crippen molar-refractivity contribution in [2.45, 2.75) is 69.6 Å². The minimum absolute atomic E-state index is 0.237. The maximum atomic E-state index is 6.20. The Bertz CT molecular complexity index is 546. The molecule has 0 radical (unpaired) electrons. The zero-order valence-electron chi connectivity index (χ0n) is 15.2. The van der Waals surface area contributed by atoms with Crippen molar-refractivity contribution < 1.29 is 9.47 Å². The molecule has 3 rings (SSSR count). The van der Waals surface area contributed by atoms with Gasteiger partial charge in [0.1, 0.15) is 5.75 Å². The van der Waals surface area contributed by atoms with E-state index in [4.69, 9.17) is 15.2 Å². The van der Waals surface area contributed by atoms with Crippen LogP contribution in [0.2, 0.25) is 0 Å². The van der Waals surface area contributed by atoms with Crippen molar-refractivity contribution in [3.8, 4) is 5.75 Å². The van der Waals surface area contributed by atoms with Crippen LogP contribution in [0.1, 0.15) is 56.9 Å². The van der Waals surface area contributed by atoms with Gasteiger partial charge in [0.15, 0.2) is 0 Å². The monoisotopic (exact) mass is 410 g/mol. The highest BCUT2D eigenvalue weighted by Crippen LogP contribution is 2.39. The van der Waals surface area contributed by atoms with E-state index in [2.05, 4.69) is 39.4 Å². The summed E-state index contributed by atoms with van der Waals surface area (Å²) in [6, 6.07) is 6.93. The van der Waals surface area contributed by atoms with E-state index >= 15 is 0 Å². The molecule has 0 spiro atoms. The molecule has 0 aromatic heterocycles. The second-order valence-electron chi connectivity index (χ2n) is 7.29. The molecule has 3 N–H and O–H groups in total. The van der Waals surface area contributed by atoms with E-state index in [0.29, 0.717) is 24.7 Å². The standard InChI is InChI=1S/C20H31BrN2O2/c1-2-24-20-10-7-15(21)12-17(20)14-5-8-16(9-6-14)25-13-19-18(22)4-3-11-23-19/h7,10,12,14,16,18-19,23H,2-6,8-9,11,13,22H2,1H3. The third-order valence-electron chi connectivity index (χ3n) is 5.53. The first-order valence-electron chi connectivity index (χ1n) is 9.70. The molecule has 1 aromatic rings. The Morgan fingerprint density at radius 3 is 2.72 bits per heavy atom. The minimum Gasteiger partial charge on any atom is -0.494 e. The smallest absolute Gasteiger partial charge is 0.122 e. The van der Waals surface area contributed by atoms with E-state index in [1.807, 2.05) is 6.92 Å². The van der Waals surface area contributed by atoms with Gasteiger partial charge in [-0.25, -0.2) is 0 Å². The number of halogens is 1. The predicted molar refractivity (Wildman–Crippen MR) is 105 cm³/mol. The van der Waals surface area contributed by atoms with Crippen molar-refractivity contribution in [1.29, 1.82) is 0 Å². The Morgan fingerprint density at radius 1 is 1.20 bits per heavy atom. The molecule has 0 bridgehead atoms. The average molecular weight is 411 g/mol. The van der Waals surface area contributed by atoms with Crippen molar-refractivity contribution in [2.75, 3.05) is 19.8 Å². The summed E-state index contributed by atoms with van der Waals surface area (Å²) < 4.78 is 13.2. The molecule has 1 heterocycles. The Labute approximate surface area is 160 Å². The summed E-state index contributed by atoms with van der Waals surface area (Å²) in [5.74, 6) is 1.60. The third kappa shape index (κ3) is 5.19. The molecule has 1 aromatic carbocycles. The molecule has 2 fully saturated rings. The molecular weight excluding hydrogens is 380 g/mol. The molecule has 1 saturated heterocycles. The highest BCUT2D eigenvalue weighted by molar-refractivity contribution is 9.10. The van der Waals surface area contributed by atoms with Crippen molar-refractivity contribution in [1.82, 2.24) is 5.32 Å². The number of piperidine rings is 1. The van der Waals surface area contributed by atoms with Gasteiger partial charge in [-0.15, -0.1) is 0 Å². The van der Waals surface area contributed by atoms with Crippen molar-refractivity contribution >= 4 is 15.9 Å². The molecule has 2 atom stereocenters. The quantitative estimate of drug-likeness (QED) is 0.744. The highest BCUT2D eigenvalue weighted by Gasteiger charge is 2.27. The number of hydrogen-bond acceptors (Lipinski definition) is 4. The van der Waals surface area contributed by atoms with E-state index in [0.717, 1.165) is 55.5 Å². The summed E-state index contributed by atoms with van der Waals surface area (Å²) in [7, 11) is 0. The second-order valence-corrected chi connectivity index (χ2v) is 8.20. The number of nitrogens with one attached hydrogen (secondary N) is 1. The molecule has 0 amide bonds. The molecule has 1 saturated carbocycles. The topological polar surface area (TPSA) is 56.5 Å². The average Bonchev–Trinajstić information content (AvgIpc) is 2.63. The normalized spacial score (nSPS) is 30.2. The van der Waals surface area contributed by atoms with Gasteiger partial charge in [-0.2, -0.15) is 0 Å². The summed E-state index contributed by atoms with van der Waals surface area (Å²) in [6.07, 6.45) is 7.20. The van der Waals surface area contributed by atoms with Gasteiger partial charge in [-0.05, 0) is 81.7 Å². The lowest BCUT2D eigenvalue weighted by Crippen LogP contribution is -2.52. The number of benzene rings is 1. The lowest BCUT2D eigenvalue weighted by Gasteiger charge is -2.33. The van der Waals surface area contributed by atoms with Crippen LogP contribution in [0.4, 0.5) is 0 Å². The SMILES string of the molecule is CCOc1ccc(Br)cc1C1CCC(OCC2NCCCC2N)CC1. The number of hydrogen-bond donors (Lipinski definition) is 2. The van der Waals surface area contributed by atoms with Gasteiger partial charge in [0.25, 0.3) is 0 Å². The summed E-state index contributed by atoms with van der Waals surface area (Å²) >= 11 is 3.60. The van der Waals surface area contributed by atoms with E-state index in [1.165, 1.54) is 12.0 Å². The first-order valence-corrected chi connectivity index (χ1v) is 10.5. The first kappa shape index (κ1) is 19.2. The van der Waals surface area contributed by atoms with Crippen molar-refractivity contribution in [3.05, 3.63) is 28.2 Å². The number of rotatable bonds is 6. The molecule has 1 aliphatic carbocycles. The van der Waals surface area contributed by atoms with E-state index in [9.17, 15) is 0 Å². The zero-order chi connectivity index (χ0) is 17.6. The van der Waals surface area contributed by atoms with Crippen molar-refractivity contribution in [2.24, 2.45) is 5.73 Å². The van der Waals surface area contributed by atoms with Gasteiger partial charge in [0.2, 0.25) is 0 Å². The molecule has 1 aliphatic heterocycles. The number of ether oxygens (including phenoxy) is 2. The highest BCUT2D eigenvalue weighted by atomic mass is 79.9. The molecule has 140 valence electrons. The van der Waals surface area contributed by atoms with Crippen LogP contribution in [0.25, 0.3) is 0 Å². The van der Waals surface area contributed by atoms with Gasteiger partial charge >= 0.3 is 0 Å². The maximum absolute atomic E-state index is 6.20. The van der Waals surface area contributed by atoms with Crippen LogP contribution in [0.3, 0.4) is 0 Å². The van der Waals surface area contributed by atoms with E-state index < -0.39 is 0 Å². The fourth-order valence-electron chi connectivity index (χ4n) is 4.07. The summed E-state index contributed by atoms with van der Waals surface area (Å²) in [5, 5.41) is 3.50. The summed E-state index contributed by atoms with van der Waals surface area (Å²) in [5.41, 5.74) is 7.53. The van der Waals surface area contributed by atoms with Crippen LogP contribution in [0.15, 0.2) is 22.7 Å². The zero-order valence-corrected chi connectivity index (χ0v) is 16.8. The summed E-state index contributed by atoms with van der Waals surface area (Å²) in [4.78, 5) is 0. The molecular formula is C20H31BrN2O2. The maximum Gasteiger partial charge on any atom is 0.122 e. The molecule has 2 unspecified atom stereocenters. The van der Waals surface area contributed by atoms with Crippen molar-refractivity contribution in [3.63, 3.8) is 0 Å². The van der Waals surface area contributed by atoms with Crippen LogP contribution in [0.5, 0.6) is 5.75 Å². The molecule has 4 nitrogen and oxygen atoms in total. The van der Waals surface area contributed by atoms with Gasteiger partial charge in [-0.3, -0.25) is 0 Å². The van der Waals surface area contributed by atoms with Gasteiger partial charge in [0.05, 0.1) is 19.3 Å². The number of nitrogens with two attached hydrogens (primary N) is 1. The van der Waals surface area contributed by atoms with Crippen LogP contribution in [-0.2, 0) is 4.74 Å². The Balaban J connectivity index is 1.51. The minimum atomic E-state index is 0.237. The largest absolute Gasteiger partial charge is 0.494 e. The summed E-state index contributed by atoms with van der Waals surface area (Å²) in [6.45, 7) is 4.57. The van der Waals surface area contributed by atoms with Gasteiger partial charge in [0, 0.05) is 16.6 Å². The Hall–Kier alpha value is -0.620. The first-order chi connectivity index (χ1) is 12.2. The fourth-order valence-corrected chi connectivity index (χ4v) is 4.44. The Kier molecular flexibility index (Phi) is 7.17. The lowest BCUT2D eigenvalue weighted by molar-refractivity contribution is 0.00606. The second kappa shape index (κ2) is 9.36. The van der Waals surface area contributed by atoms with Crippen LogP contribution in [-0.4, -0.2) is 37.9 Å². The fraction of sp³-hybridized carbons (Fsp3) is 0.700. The Morgan fingerprint density at radius 2 is 2.00 bits per heavy atom. The molecule has 2 aliphatic rings. The van der Waals surface area contributed by atoms with E-state index in [1.54, 1.807) is 0 Å². The van der Waals surface area contributed by atoms with Gasteiger partial charge in [-0.1, -0.05) is 15.9 Å².